The van der Waals surface area contributed by atoms with Gasteiger partial charge in [-0.15, -0.1) is 0 Å². The van der Waals surface area contributed by atoms with Crippen molar-refractivity contribution >= 4 is 22.6 Å². The van der Waals surface area contributed by atoms with E-state index in [0.29, 0.717) is 3.70 Å². The molecular formula is C7H5IN3O2+. The zero-order valence-electron chi connectivity index (χ0n) is 6.40. The topological polar surface area (TPSA) is 62.8 Å². The predicted octanol–water partition coefficient (Wildman–Crippen LogP) is 0.244. The quantitative estimate of drug-likeness (QED) is 0.604. The third kappa shape index (κ3) is 1.48. The average Bonchev–Trinajstić information content (AvgIpc) is 2.49. The summed E-state index contributed by atoms with van der Waals surface area (Å²) in [6, 6.07) is 3.60. The van der Waals surface area contributed by atoms with E-state index in [-0.39, 0.29) is 5.63 Å². The van der Waals surface area contributed by atoms with E-state index < -0.39 is 0 Å². The molecule has 0 atom stereocenters. The summed E-state index contributed by atoms with van der Waals surface area (Å²) in [5, 5.41) is 2.47. The number of hydrogen-bond donors (Lipinski definition) is 1. The van der Waals surface area contributed by atoms with Crippen molar-refractivity contribution in [1.82, 2.24) is 10.3 Å². The van der Waals surface area contributed by atoms with Crippen LogP contribution in [0.4, 0.5) is 0 Å². The second-order valence-electron chi connectivity index (χ2n) is 2.32. The SMILES string of the molecule is O=c1o[nH][n+](-c2cccnc2)c1I. The van der Waals surface area contributed by atoms with Crippen LogP contribution in [0.5, 0.6) is 0 Å². The van der Waals surface area contributed by atoms with Gasteiger partial charge < -0.3 is 0 Å². The van der Waals surface area contributed by atoms with Gasteiger partial charge in [-0.2, -0.15) is 0 Å². The van der Waals surface area contributed by atoms with Crippen molar-refractivity contribution in [3.05, 3.63) is 38.6 Å². The first-order valence-electron chi connectivity index (χ1n) is 3.48. The first-order chi connectivity index (χ1) is 6.29. The van der Waals surface area contributed by atoms with Crippen LogP contribution in [0.2, 0.25) is 0 Å². The van der Waals surface area contributed by atoms with E-state index in [1.54, 1.807) is 18.5 Å². The number of nitrogens with one attached hydrogen (secondary N) is 1. The molecule has 5 nitrogen and oxygen atoms in total. The molecule has 0 spiro atoms. The number of hydrogen-bond acceptors (Lipinski definition) is 3. The molecule has 13 heavy (non-hydrogen) atoms. The fourth-order valence-electron chi connectivity index (χ4n) is 0.913. The molecule has 0 aromatic carbocycles. The Balaban J connectivity index is 2.60. The number of aromatic amines is 1. The van der Waals surface area contributed by atoms with Crippen LogP contribution < -0.4 is 10.3 Å². The van der Waals surface area contributed by atoms with Crippen LogP contribution in [0, 0.1) is 3.70 Å². The zero-order valence-corrected chi connectivity index (χ0v) is 8.56. The van der Waals surface area contributed by atoms with Crippen LogP contribution in [0.1, 0.15) is 0 Å². The van der Waals surface area contributed by atoms with Gasteiger partial charge in [0.1, 0.15) is 6.20 Å². The summed E-state index contributed by atoms with van der Waals surface area (Å²) in [4.78, 5) is 14.9. The molecule has 0 bridgehead atoms. The van der Waals surface area contributed by atoms with E-state index >= 15 is 0 Å². The number of pyridine rings is 1. The Kier molecular flexibility index (Phi) is 2.13. The average molecular weight is 290 g/mol. The summed E-state index contributed by atoms with van der Waals surface area (Å²) in [7, 11) is 0. The Morgan fingerprint density at radius 2 is 2.46 bits per heavy atom. The Labute approximate surface area is 86.5 Å². The van der Waals surface area contributed by atoms with Gasteiger partial charge in [-0.05, 0) is 16.0 Å². The van der Waals surface area contributed by atoms with E-state index in [4.69, 9.17) is 0 Å². The Morgan fingerprint density at radius 3 is 3.00 bits per heavy atom. The highest BCUT2D eigenvalue weighted by molar-refractivity contribution is 14.1. The Bertz CT molecular complexity index is 462. The molecule has 66 valence electrons. The van der Waals surface area contributed by atoms with E-state index in [0.717, 1.165) is 5.69 Å². The van der Waals surface area contributed by atoms with Crippen molar-refractivity contribution in [2.24, 2.45) is 0 Å². The van der Waals surface area contributed by atoms with E-state index in [2.05, 4.69) is 14.8 Å². The van der Waals surface area contributed by atoms with Crippen molar-refractivity contribution in [2.45, 2.75) is 0 Å². The molecular weight excluding hydrogens is 285 g/mol. The van der Waals surface area contributed by atoms with Gasteiger partial charge in [0.15, 0.2) is 0 Å². The fourth-order valence-corrected chi connectivity index (χ4v) is 1.40. The van der Waals surface area contributed by atoms with Crippen molar-refractivity contribution < 1.29 is 9.20 Å². The van der Waals surface area contributed by atoms with Crippen molar-refractivity contribution in [3.63, 3.8) is 0 Å². The minimum absolute atomic E-state index is 0.385. The number of H-pyrrole nitrogens is 1. The van der Waals surface area contributed by atoms with Crippen LogP contribution in [0.3, 0.4) is 0 Å². The summed E-state index contributed by atoms with van der Waals surface area (Å²) in [5.41, 5.74) is 0.377. The third-order valence-electron chi connectivity index (χ3n) is 1.50. The number of aromatic nitrogens is 3. The Hall–Kier alpha value is -1.18. The molecule has 2 aromatic rings. The summed E-state index contributed by atoms with van der Waals surface area (Å²) in [5.74, 6) is 0. The van der Waals surface area contributed by atoms with Gasteiger partial charge >= 0.3 is 9.33 Å². The minimum atomic E-state index is -0.385. The first kappa shape index (κ1) is 8.42. The smallest absolute Gasteiger partial charge is 0.282 e. The largest absolute Gasteiger partial charge is 0.441 e. The molecule has 0 aliphatic carbocycles. The van der Waals surface area contributed by atoms with Gasteiger partial charge in [-0.3, -0.25) is 9.51 Å². The van der Waals surface area contributed by atoms with Crippen molar-refractivity contribution in [3.8, 4) is 5.69 Å². The van der Waals surface area contributed by atoms with Crippen LogP contribution in [-0.4, -0.2) is 10.3 Å². The molecule has 0 fully saturated rings. The molecule has 0 aliphatic heterocycles. The molecule has 6 heteroatoms. The molecule has 0 saturated carbocycles. The van der Waals surface area contributed by atoms with Gasteiger partial charge in [0.05, 0.1) is 0 Å². The highest BCUT2D eigenvalue weighted by Crippen LogP contribution is 1.96. The summed E-state index contributed by atoms with van der Waals surface area (Å²) in [6.07, 6.45) is 3.29. The molecule has 1 N–H and O–H groups in total. The number of halogens is 1. The van der Waals surface area contributed by atoms with Gasteiger partial charge in [0.2, 0.25) is 0 Å². The highest BCUT2D eigenvalue weighted by atomic mass is 127. The summed E-state index contributed by atoms with van der Waals surface area (Å²) >= 11 is 1.90. The van der Waals surface area contributed by atoms with Crippen molar-refractivity contribution in [1.29, 1.82) is 0 Å². The van der Waals surface area contributed by atoms with Crippen molar-refractivity contribution in [2.75, 3.05) is 0 Å². The fraction of sp³-hybridized carbons (Fsp3) is 0. The zero-order chi connectivity index (χ0) is 9.26. The maximum atomic E-state index is 11.0. The lowest BCUT2D eigenvalue weighted by molar-refractivity contribution is -0.682. The lowest BCUT2D eigenvalue weighted by atomic mass is 10.4. The molecule has 0 unspecified atom stereocenters. The predicted molar refractivity (Wildman–Crippen MR) is 51.4 cm³/mol. The normalized spacial score (nSPS) is 10.2. The lowest BCUT2D eigenvalue weighted by Gasteiger charge is -1.86. The van der Waals surface area contributed by atoms with Gasteiger partial charge in [0.25, 0.3) is 5.69 Å². The number of nitrogens with zero attached hydrogens (tertiary/aromatic N) is 2. The van der Waals surface area contributed by atoms with Crippen LogP contribution in [0.15, 0.2) is 33.8 Å². The van der Waals surface area contributed by atoms with E-state index in [1.807, 2.05) is 28.7 Å². The first-order valence-corrected chi connectivity index (χ1v) is 4.56. The minimum Gasteiger partial charge on any atom is -0.282 e. The van der Waals surface area contributed by atoms with Crippen LogP contribution in [-0.2, 0) is 0 Å². The molecule has 2 heterocycles. The maximum absolute atomic E-state index is 11.0. The standard InChI is InChI=1S/C7H4IN3O2/c8-6-7(12)13-10-11(6)5-2-1-3-9-4-5/h1-4H/p+1. The third-order valence-corrected chi connectivity index (χ3v) is 2.42. The molecule has 0 aliphatic rings. The number of rotatable bonds is 1. The molecule has 2 rings (SSSR count). The summed E-state index contributed by atoms with van der Waals surface area (Å²) < 4.78 is 6.58. The highest BCUT2D eigenvalue weighted by Gasteiger charge is 2.19. The van der Waals surface area contributed by atoms with Gasteiger partial charge in [-0.1, -0.05) is 0 Å². The van der Waals surface area contributed by atoms with Crippen LogP contribution >= 0.6 is 22.6 Å². The molecule has 0 amide bonds. The monoisotopic (exact) mass is 290 g/mol. The van der Waals surface area contributed by atoms with E-state index in [9.17, 15) is 4.79 Å². The van der Waals surface area contributed by atoms with Gasteiger partial charge in [-0.25, -0.2) is 4.79 Å². The van der Waals surface area contributed by atoms with E-state index in [1.165, 1.54) is 4.68 Å². The second-order valence-corrected chi connectivity index (χ2v) is 3.34. The Morgan fingerprint density at radius 1 is 1.62 bits per heavy atom. The second kappa shape index (κ2) is 3.29. The maximum Gasteiger partial charge on any atom is 0.441 e. The molecule has 0 saturated heterocycles. The van der Waals surface area contributed by atoms with Gasteiger partial charge in [0, 0.05) is 34.9 Å². The summed E-state index contributed by atoms with van der Waals surface area (Å²) in [6.45, 7) is 0. The molecule has 0 radical (unpaired) electrons. The van der Waals surface area contributed by atoms with Crippen LogP contribution in [0.25, 0.3) is 5.69 Å². The lowest BCUT2D eigenvalue weighted by Crippen LogP contribution is -2.37. The molecule has 2 aromatic heterocycles.